The molecule has 1 fully saturated rings. The van der Waals surface area contributed by atoms with Gasteiger partial charge in [0.05, 0.1) is 5.92 Å². The Balaban J connectivity index is 1.94. The van der Waals surface area contributed by atoms with Gasteiger partial charge in [0, 0.05) is 0 Å². The van der Waals surface area contributed by atoms with E-state index in [-0.39, 0.29) is 18.0 Å². The maximum Gasteiger partial charge on any atom is 0.309 e. The number of hydrogen-bond donors (Lipinski definition) is 0. The Hall–Kier alpha value is -1.31. The Morgan fingerprint density at radius 1 is 1.18 bits per heavy atom. The van der Waals surface area contributed by atoms with E-state index in [2.05, 4.69) is 32.9 Å². The van der Waals surface area contributed by atoms with Gasteiger partial charge in [0.15, 0.2) is 0 Å². The van der Waals surface area contributed by atoms with Crippen LogP contribution in [0.4, 0.5) is 0 Å². The van der Waals surface area contributed by atoms with Gasteiger partial charge in [0.25, 0.3) is 0 Å². The van der Waals surface area contributed by atoms with E-state index in [0.717, 1.165) is 12.8 Å². The lowest BCUT2D eigenvalue weighted by Crippen LogP contribution is -2.37. The molecule has 0 spiro atoms. The van der Waals surface area contributed by atoms with Gasteiger partial charge < -0.3 is 4.74 Å². The molecule has 1 saturated carbocycles. The van der Waals surface area contributed by atoms with Crippen molar-refractivity contribution in [3.63, 3.8) is 0 Å². The van der Waals surface area contributed by atoms with Crippen LogP contribution in [0.2, 0.25) is 0 Å². The van der Waals surface area contributed by atoms with E-state index in [9.17, 15) is 4.79 Å². The Bertz CT molecular complexity index is 466. The Labute approximate surface area is 135 Å². The zero-order chi connectivity index (χ0) is 16.1. The molecule has 1 aromatic rings. The van der Waals surface area contributed by atoms with Crippen molar-refractivity contribution in [2.24, 2.45) is 23.7 Å². The quantitative estimate of drug-likeness (QED) is 0.725. The standard InChI is InChI=1S/C20H30O2/c1-14(2)18-11-10-15(3)12-19(18)22-20(21)16(4)13-17-8-6-5-7-9-17/h5-9,14-16,18-19H,10-13H2,1-4H3/t15-,16-,18+,19-/m1/s1. The minimum absolute atomic E-state index is 0.0337. The van der Waals surface area contributed by atoms with E-state index in [0.29, 0.717) is 17.8 Å². The highest BCUT2D eigenvalue weighted by molar-refractivity contribution is 5.72. The number of ether oxygens (including phenoxy) is 1. The van der Waals surface area contributed by atoms with Crippen LogP contribution in [0, 0.1) is 23.7 Å². The van der Waals surface area contributed by atoms with Crippen molar-refractivity contribution in [1.29, 1.82) is 0 Å². The lowest BCUT2D eigenvalue weighted by molar-refractivity contribution is -0.160. The number of benzene rings is 1. The van der Waals surface area contributed by atoms with Crippen molar-refractivity contribution in [3.05, 3.63) is 35.9 Å². The molecular weight excluding hydrogens is 272 g/mol. The molecule has 2 nitrogen and oxygen atoms in total. The molecule has 1 aromatic carbocycles. The van der Waals surface area contributed by atoms with Crippen molar-refractivity contribution in [1.82, 2.24) is 0 Å². The third-order valence-electron chi connectivity index (χ3n) is 5.02. The number of carbonyl (C=O) groups excluding carboxylic acids is 1. The van der Waals surface area contributed by atoms with Crippen LogP contribution < -0.4 is 0 Å². The largest absolute Gasteiger partial charge is 0.462 e. The molecule has 0 radical (unpaired) electrons. The van der Waals surface area contributed by atoms with Crippen molar-refractivity contribution in [2.75, 3.05) is 0 Å². The van der Waals surface area contributed by atoms with Crippen molar-refractivity contribution in [3.8, 4) is 0 Å². The smallest absolute Gasteiger partial charge is 0.309 e. The lowest BCUT2D eigenvalue weighted by Gasteiger charge is -2.37. The third kappa shape index (κ3) is 4.59. The fourth-order valence-electron chi connectivity index (χ4n) is 3.57. The summed E-state index contributed by atoms with van der Waals surface area (Å²) in [6.45, 7) is 8.74. The van der Waals surface area contributed by atoms with Gasteiger partial charge >= 0.3 is 5.97 Å². The molecule has 0 saturated heterocycles. The van der Waals surface area contributed by atoms with Crippen LogP contribution >= 0.6 is 0 Å². The van der Waals surface area contributed by atoms with Crippen LogP contribution in [0.15, 0.2) is 30.3 Å². The van der Waals surface area contributed by atoms with Crippen molar-refractivity contribution >= 4 is 5.97 Å². The van der Waals surface area contributed by atoms with E-state index < -0.39 is 0 Å². The van der Waals surface area contributed by atoms with Gasteiger partial charge in [0.1, 0.15) is 6.10 Å². The second-order valence-electron chi connectivity index (χ2n) is 7.39. The van der Waals surface area contributed by atoms with Gasteiger partial charge in [-0.2, -0.15) is 0 Å². The minimum Gasteiger partial charge on any atom is -0.462 e. The summed E-state index contributed by atoms with van der Waals surface area (Å²) >= 11 is 0. The molecule has 122 valence electrons. The normalized spacial score (nSPS) is 26.7. The molecule has 0 aliphatic heterocycles. The van der Waals surface area contributed by atoms with E-state index in [1.165, 1.54) is 18.4 Å². The lowest BCUT2D eigenvalue weighted by atomic mass is 9.75. The topological polar surface area (TPSA) is 26.3 Å². The molecule has 0 N–H and O–H groups in total. The summed E-state index contributed by atoms with van der Waals surface area (Å²) in [5.74, 6) is 1.65. The van der Waals surface area contributed by atoms with Crippen molar-refractivity contribution in [2.45, 2.75) is 59.5 Å². The highest BCUT2D eigenvalue weighted by Crippen LogP contribution is 2.35. The predicted molar refractivity (Wildman–Crippen MR) is 90.5 cm³/mol. The molecule has 0 unspecified atom stereocenters. The Morgan fingerprint density at radius 3 is 2.50 bits per heavy atom. The molecule has 1 aliphatic rings. The van der Waals surface area contributed by atoms with Gasteiger partial charge in [0.2, 0.25) is 0 Å². The van der Waals surface area contributed by atoms with Crippen LogP contribution in [0.5, 0.6) is 0 Å². The maximum absolute atomic E-state index is 12.5. The summed E-state index contributed by atoms with van der Waals surface area (Å²) in [6, 6.07) is 10.2. The van der Waals surface area contributed by atoms with E-state index in [4.69, 9.17) is 4.74 Å². The molecular formula is C20H30O2. The fourth-order valence-corrected chi connectivity index (χ4v) is 3.57. The second kappa shape index (κ2) is 7.80. The van der Waals surface area contributed by atoms with E-state index in [1.807, 2.05) is 25.1 Å². The van der Waals surface area contributed by atoms with Gasteiger partial charge in [-0.15, -0.1) is 0 Å². The molecule has 2 heteroatoms. The summed E-state index contributed by atoms with van der Waals surface area (Å²) in [5.41, 5.74) is 1.20. The Kier molecular flexibility index (Phi) is 6.05. The summed E-state index contributed by atoms with van der Waals surface area (Å²) < 4.78 is 5.93. The van der Waals surface area contributed by atoms with E-state index in [1.54, 1.807) is 0 Å². The van der Waals surface area contributed by atoms with Gasteiger partial charge in [-0.1, -0.05) is 64.4 Å². The molecule has 1 aliphatic carbocycles. The molecule has 4 atom stereocenters. The summed E-state index contributed by atoms with van der Waals surface area (Å²) in [4.78, 5) is 12.5. The highest BCUT2D eigenvalue weighted by atomic mass is 16.5. The van der Waals surface area contributed by atoms with Crippen LogP contribution in [-0.2, 0) is 16.0 Å². The molecule has 2 rings (SSSR count). The number of esters is 1. The van der Waals surface area contributed by atoms with Gasteiger partial charge in [-0.3, -0.25) is 4.79 Å². The zero-order valence-corrected chi connectivity index (χ0v) is 14.4. The Morgan fingerprint density at radius 2 is 1.86 bits per heavy atom. The molecule has 22 heavy (non-hydrogen) atoms. The van der Waals surface area contributed by atoms with Crippen LogP contribution in [-0.4, -0.2) is 12.1 Å². The third-order valence-corrected chi connectivity index (χ3v) is 5.02. The second-order valence-corrected chi connectivity index (χ2v) is 7.39. The summed E-state index contributed by atoms with van der Waals surface area (Å²) in [7, 11) is 0. The van der Waals surface area contributed by atoms with Gasteiger partial charge in [-0.05, 0) is 42.6 Å². The number of carbonyl (C=O) groups is 1. The predicted octanol–water partition coefficient (Wildman–Crippen LogP) is 4.87. The van der Waals surface area contributed by atoms with Crippen LogP contribution in [0.3, 0.4) is 0 Å². The average molecular weight is 302 g/mol. The first-order chi connectivity index (χ1) is 10.5. The molecule has 0 amide bonds. The van der Waals surface area contributed by atoms with E-state index >= 15 is 0 Å². The summed E-state index contributed by atoms with van der Waals surface area (Å²) in [6.07, 6.45) is 4.33. The zero-order valence-electron chi connectivity index (χ0n) is 14.4. The van der Waals surface area contributed by atoms with Crippen LogP contribution in [0.25, 0.3) is 0 Å². The number of rotatable bonds is 5. The molecule has 0 heterocycles. The maximum atomic E-state index is 12.5. The first-order valence-electron chi connectivity index (χ1n) is 8.71. The minimum atomic E-state index is -0.0764. The summed E-state index contributed by atoms with van der Waals surface area (Å²) in [5, 5.41) is 0. The number of hydrogen-bond acceptors (Lipinski definition) is 2. The molecule has 0 aromatic heterocycles. The highest BCUT2D eigenvalue weighted by Gasteiger charge is 2.34. The van der Waals surface area contributed by atoms with Crippen LogP contribution in [0.1, 0.15) is 52.5 Å². The SMILES string of the molecule is CC(C)[C@@H]1CC[C@@H](C)C[C@H]1OC(=O)[C@H](C)Cc1ccccc1. The first-order valence-corrected chi connectivity index (χ1v) is 8.71. The first kappa shape index (κ1) is 17.1. The molecule has 0 bridgehead atoms. The monoisotopic (exact) mass is 302 g/mol. The van der Waals surface area contributed by atoms with Crippen molar-refractivity contribution < 1.29 is 9.53 Å². The fraction of sp³-hybridized carbons (Fsp3) is 0.650. The van der Waals surface area contributed by atoms with Gasteiger partial charge in [-0.25, -0.2) is 0 Å². The average Bonchev–Trinajstić information content (AvgIpc) is 2.48.